The summed E-state index contributed by atoms with van der Waals surface area (Å²) >= 11 is 3.40. The molecule has 3 nitrogen and oxygen atoms in total. The molecule has 0 amide bonds. The zero-order valence-electron chi connectivity index (χ0n) is 9.74. The Bertz CT molecular complexity index is 341. The lowest BCUT2D eigenvalue weighted by Crippen LogP contribution is -2.27. The van der Waals surface area contributed by atoms with Crippen molar-refractivity contribution >= 4 is 15.9 Å². The molecule has 2 unspecified atom stereocenters. The number of benzene rings is 1. The summed E-state index contributed by atoms with van der Waals surface area (Å²) < 4.78 is 11.3. The van der Waals surface area contributed by atoms with Crippen molar-refractivity contribution in [1.29, 1.82) is 0 Å². The van der Waals surface area contributed by atoms with Crippen molar-refractivity contribution < 1.29 is 14.6 Å². The molecule has 0 radical (unpaired) electrons. The van der Waals surface area contributed by atoms with Gasteiger partial charge in [-0.15, -0.1) is 0 Å². The van der Waals surface area contributed by atoms with Gasteiger partial charge in [0.15, 0.2) is 0 Å². The van der Waals surface area contributed by atoms with Crippen molar-refractivity contribution in [3.8, 4) is 5.75 Å². The van der Waals surface area contributed by atoms with Crippen LogP contribution in [0.15, 0.2) is 22.7 Å². The summed E-state index contributed by atoms with van der Waals surface area (Å²) in [7, 11) is 3.21. The molecule has 0 saturated heterocycles. The largest absolute Gasteiger partial charge is 0.496 e. The van der Waals surface area contributed by atoms with E-state index in [1.807, 2.05) is 25.1 Å². The van der Waals surface area contributed by atoms with Gasteiger partial charge in [0.2, 0.25) is 0 Å². The minimum Gasteiger partial charge on any atom is -0.496 e. The Hall–Kier alpha value is -0.580. The van der Waals surface area contributed by atoms with E-state index in [4.69, 9.17) is 9.47 Å². The zero-order valence-corrected chi connectivity index (χ0v) is 11.3. The number of methoxy groups -OCH3 is 2. The van der Waals surface area contributed by atoms with Gasteiger partial charge in [0.1, 0.15) is 5.75 Å². The van der Waals surface area contributed by atoms with Crippen molar-refractivity contribution in [2.75, 3.05) is 14.2 Å². The Morgan fingerprint density at radius 2 is 2.06 bits per heavy atom. The van der Waals surface area contributed by atoms with E-state index in [9.17, 15) is 5.11 Å². The van der Waals surface area contributed by atoms with Crippen LogP contribution in [-0.2, 0) is 11.2 Å². The molecule has 0 aromatic heterocycles. The van der Waals surface area contributed by atoms with Gasteiger partial charge < -0.3 is 14.6 Å². The summed E-state index contributed by atoms with van der Waals surface area (Å²) in [6.45, 7) is 1.84. The van der Waals surface area contributed by atoms with Gasteiger partial charge in [0.25, 0.3) is 0 Å². The maximum Gasteiger partial charge on any atom is 0.122 e. The first-order chi connectivity index (χ1) is 7.58. The van der Waals surface area contributed by atoms with Crippen LogP contribution in [0.25, 0.3) is 0 Å². The van der Waals surface area contributed by atoms with Crippen molar-refractivity contribution in [2.45, 2.75) is 25.6 Å². The standard InChI is InChI=1S/C12H17BrO3/c1-8(15-2)11(14)7-9-6-10(13)4-5-12(9)16-3/h4-6,8,11,14H,7H2,1-3H3. The van der Waals surface area contributed by atoms with E-state index in [0.717, 1.165) is 15.8 Å². The number of hydrogen-bond acceptors (Lipinski definition) is 3. The van der Waals surface area contributed by atoms with Gasteiger partial charge >= 0.3 is 0 Å². The lowest BCUT2D eigenvalue weighted by Gasteiger charge is -2.18. The van der Waals surface area contributed by atoms with Crippen LogP contribution in [0.2, 0.25) is 0 Å². The molecule has 1 rings (SSSR count). The van der Waals surface area contributed by atoms with Gasteiger partial charge in [0.05, 0.1) is 19.3 Å². The first kappa shape index (κ1) is 13.5. The van der Waals surface area contributed by atoms with Crippen LogP contribution in [0.5, 0.6) is 5.75 Å². The maximum atomic E-state index is 9.89. The van der Waals surface area contributed by atoms with Gasteiger partial charge in [0, 0.05) is 18.0 Å². The second-order valence-electron chi connectivity index (χ2n) is 3.67. The quantitative estimate of drug-likeness (QED) is 0.904. The Labute approximate surface area is 105 Å². The van der Waals surface area contributed by atoms with Crippen molar-refractivity contribution in [3.63, 3.8) is 0 Å². The number of halogens is 1. The smallest absolute Gasteiger partial charge is 0.122 e. The Balaban J connectivity index is 2.82. The molecular formula is C12H17BrO3. The minimum atomic E-state index is -0.534. The van der Waals surface area contributed by atoms with Crippen LogP contribution >= 0.6 is 15.9 Å². The number of ether oxygens (including phenoxy) is 2. The third kappa shape index (κ3) is 3.47. The van der Waals surface area contributed by atoms with Crippen LogP contribution in [0.1, 0.15) is 12.5 Å². The fourth-order valence-electron chi connectivity index (χ4n) is 1.46. The van der Waals surface area contributed by atoms with E-state index in [2.05, 4.69) is 15.9 Å². The molecule has 1 aromatic rings. The predicted molar refractivity (Wildman–Crippen MR) is 66.9 cm³/mol. The normalized spacial score (nSPS) is 14.6. The lowest BCUT2D eigenvalue weighted by molar-refractivity contribution is 0.000173. The number of hydrogen-bond donors (Lipinski definition) is 1. The van der Waals surface area contributed by atoms with Gasteiger partial charge in [-0.05, 0) is 30.7 Å². The van der Waals surface area contributed by atoms with Gasteiger partial charge in [-0.1, -0.05) is 15.9 Å². The van der Waals surface area contributed by atoms with Gasteiger partial charge in [-0.2, -0.15) is 0 Å². The second kappa shape index (κ2) is 6.23. The molecule has 0 fully saturated rings. The number of aliphatic hydroxyl groups excluding tert-OH is 1. The Kier molecular flexibility index (Phi) is 5.25. The molecule has 2 atom stereocenters. The highest BCUT2D eigenvalue weighted by molar-refractivity contribution is 9.10. The molecule has 4 heteroatoms. The lowest BCUT2D eigenvalue weighted by atomic mass is 10.0. The molecule has 0 spiro atoms. The Morgan fingerprint density at radius 1 is 1.38 bits per heavy atom. The summed E-state index contributed by atoms with van der Waals surface area (Å²) in [6.07, 6.45) is -0.214. The van der Waals surface area contributed by atoms with Gasteiger partial charge in [-0.3, -0.25) is 0 Å². The molecule has 0 aliphatic heterocycles. The van der Waals surface area contributed by atoms with Crippen molar-refractivity contribution in [1.82, 2.24) is 0 Å². The van der Waals surface area contributed by atoms with E-state index in [1.54, 1.807) is 14.2 Å². The van der Waals surface area contributed by atoms with E-state index in [0.29, 0.717) is 6.42 Å². The summed E-state index contributed by atoms with van der Waals surface area (Å²) in [5.74, 6) is 0.783. The molecule has 0 saturated carbocycles. The third-order valence-corrected chi connectivity index (χ3v) is 3.08. The SMILES string of the molecule is COc1ccc(Br)cc1CC(O)C(C)OC. The van der Waals surface area contributed by atoms with Crippen LogP contribution in [0.4, 0.5) is 0 Å². The first-order valence-electron chi connectivity index (χ1n) is 5.11. The summed E-state index contributed by atoms with van der Waals surface area (Å²) in [4.78, 5) is 0. The molecular weight excluding hydrogens is 272 g/mol. The molecule has 0 aliphatic rings. The van der Waals surface area contributed by atoms with Gasteiger partial charge in [-0.25, -0.2) is 0 Å². The fourth-order valence-corrected chi connectivity index (χ4v) is 1.86. The highest BCUT2D eigenvalue weighted by atomic mass is 79.9. The van der Waals surface area contributed by atoms with Crippen molar-refractivity contribution in [3.05, 3.63) is 28.2 Å². The van der Waals surface area contributed by atoms with E-state index >= 15 is 0 Å². The van der Waals surface area contributed by atoms with E-state index < -0.39 is 6.10 Å². The average Bonchev–Trinajstić information content (AvgIpc) is 2.28. The molecule has 0 bridgehead atoms. The van der Waals surface area contributed by atoms with Crippen LogP contribution in [-0.4, -0.2) is 31.5 Å². The third-order valence-electron chi connectivity index (χ3n) is 2.59. The number of rotatable bonds is 5. The predicted octanol–water partition coefficient (Wildman–Crippen LogP) is 2.40. The number of aliphatic hydroxyl groups is 1. The van der Waals surface area contributed by atoms with Crippen molar-refractivity contribution in [2.24, 2.45) is 0 Å². The summed E-state index contributed by atoms with van der Waals surface area (Å²) in [5.41, 5.74) is 0.966. The molecule has 0 aliphatic carbocycles. The van der Waals surface area contributed by atoms with E-state index in [-0.39, 0.29) is 6.10 Å². The second-order valence-corrected chi connectivity index (χ2v) is 4.58. The van der Waals surface area contributed by atoms with E-state index in [1.165, 1.54) is 0 Å². The Morgan fingerprint density at radius 3 is 2.62 bits per heavy atom. The minimum absolute atomic E-state index is 0.191. The molecule has 90 valence electrons. The maximum absolute atomic E-state index is 9.89. The summed E-state index contributed by atoms with van der Waals surface area (Å²) in [5, 5.41) is 9.89. The topological polar surface area (TPSA) is 38.7 Å². The molecule has 1 N–H and O–H groups in total. The van der Waals surface area contributed by atoms with Crippen LogP contribution in [0, 0.1) is 0 Å². The molecule has 16 heavy (non-hydrogen) atoms. The first-order valence-corrected chi connectivity index (χ1v) is 5.91. The highest BCUT2D eigenvalue weighted by Gasteiger charge is 2.16. The molecule has 1 aromatic carbocycles. The van der Waals surface area contributed by atoms with Crippen LogP contribution in [0.3, 0.4) is 0 Å². The van der Waals surface area contributed by atoms with Crippen LogP contribution < -0.4 is 4.74 Å². The molecule has 0 heterocycles. The fraction of sp³-hybridized carbons (Fsp3) is 0.500. The monoisotopic (exact) mass is 288 g/mol. The summed E-state index contributed by atoms with van der Waals surface area (Å²) in [6, 6.07) is 5.74. The average molecular weight is 289 g/mol. The highest BCUT2D eigenvalue weighted by Crippen LogP contribution is 2.24. The zero-order chi connectivity index (χ0) is 12.1.